The molecule has 0 bridgehead atoms. The van der Waals surface area contributed by atoms with Crippen LogP contribution in [0.25, 0.3) is 0 Å². The first-order valence-corrected chi connectivity index (χ1v) is 8.00. The van der Waals surface area contributed by atoms with Crippen LogP contribution in [0, 0.1) is 6.92 Å². The van der Waals surface area contributed by atoms with Crippen molar-refractivity contribution in [3.05, 3.63) is 29.3 Å². The van der Waals surface area contributed by atoms with Gasteiger partial charge in [0.1, 0.15) is 17.9 Å². The van der Waals surface area contributed by atoms with Crippen molar-refractivity contribution in [3.63, 3.8) is 0 Å². The van der Waals surface area contributed by atoms with E-state index in [0.29, 0.717) is 5.96 Å². The van der Waals surface area contributed by atoms with Crippen LogP contribution in [0.3, 0.4) is 0 Å². The highest BCUT2D eigenvalue weighted by atomic mass is 16.6. The molecule has 134 valence electrons. The largest absolute Gasteiger partial charge is 0.496 e. The molecule has 0 radical (unpaired) electrons. The van der Waals surface area contributed by atoms with Crippen molar-refractivity contribution in [2.45, 2.75) is 46.3 Å². The Kier molecular flexibility index (Phi) is 7.07. The van der Waals surface area contributed by atoms with E-state index in [1.54, 1.807) is 14.2 Å². The number of esters is 1. The zero-order valence-electron chi connectivity index (χ0n) is 15.7. The van der Waals surface area contributed by atoms with Gasteiger partial charge in [0.15, 0.2) is 5.96 Å². The number of guanidine groups is 1. The molecule has 6 heteroatoms. The average molecular weight is 335 g/mol. The Hall–Kier alpha value is -2.24. The summed E-state index contributed by atoms with van der Waals surface area (Å²) in [6, 6.07) is 5.98. The molecular formula is C18H29N3O3. The lowest BCUT2D eigenvalue weighted by Gasteiger charge is -2.22. The maximum atomic E-state index is 11.8. The van der Waals surface area contributed by atoms with Crippen LogP contribution in [0.4, 0.5) is 0 Å². The van der Waals surface area contributed by atoms with Gasteiger partial charge in [-0.3, -0.25) is 9.79 Å². The number of hydrogen-bond donors (Lipinski definition) is 2. The lowest BCUT2D eigenvalue weighted by molar-refractivity contribution is -0.153. The Morgan fingerprint density at radius 3 is 2.54 bits per heavy atom. The predicted octanol–water partition coefficient (Wildman–Crippen LogP) is 2.57. The van der Waals surface area contributed by atoms with E-state index in [1.165, 1.54) is 0 Å². The fourth-order valence-electron chi connectivity index (χ4n) is 2.20. The molecule has 1 atom stereocenters. The SMILES string of the molecule is CN=C(NCC(=O)OC(C)(C)C)NC(C)c1cc(C)ccc1OC. The van der Waals surface area contributed by atoms with Crippen molar-refractivity contribution in [2.24, 2.45) is 4.99 Å². The van der Waals surface area contributed by atoms with Crippen LogP contribution in [-0.4, -0.2) is 38.2 Å². The summed E-state index contributed by atoms with van der Waals surface area (Å²) in [6.45, 7) is 9.61. The van der Waals surface area contributed by atoms with E-state index >= 15 is 0 Å². The lowest BCUT2D eigenvalue weighted by atomic mass is 10.0. The van der Waals surface area contributed by atoms with Crippen LogP contribution in [0.1, 0.15) is 44.9 Å². The number of aliphatic imine (C=N–C) groups is 1. The molecule has 0 fully saturated rings. The third-order valence-electron chi connectivity index (χ3n) is 3.25. The van der Waals surface area contributed by atoms with E-state index in [4.69, 9.17) is 9.47 Å². The van der Waals surface area contributed by atoms with Crippen molar-refractivity contribution >= 4 is 11.9 Å². The quantitative estimate of drug-likeness (QED) is 0.491. The molecule has 0 aliphatic carbocycles. The van der Waals surface area contributed by atoms with Gasteiger partial charge in [-0.15, -0.1) is 0 Å². The van der Waals surface area contributed by atoms with Crippen molar-refractivity contribution in [1.29, 1.82) is 0 Å². The van der Waals surface area contributed by atoms with Crippen molar-refractivity contribution in [1.82, 2.24) is 10.6 Å². The van der Waals surface area contributed by atoms with Gasteiger partial charge < -0.3 is 20.1 Å². The maximum absolute atomic E-state index is 11.8. The highest BCUT2D eigenvalue weighted by Crippen LogP contribution is 2.25. The number of aryl methyl sites for hydroxylation is 1. The van der Waals surface area contributed by atoms with Gasteiger partial charge in [-0.1, -0.05) is 17.7 Å². The number of rotatable bonds is 5. The second-order valence-electron chi connectivity index (χ2n) is 6.62. The van der Waals surface area contributed by atoms with Crippen molar-refractivity contribution in [2.75, 3.05) is 20.7 Å². The molecule has 1 aromatic rings. The molecule has 0 aromatic heterocycles. The normalized spacial score (nSPS) is 13.2. The summed E-state index contributed by atoms with van der Waals surface area (Å²) < 4.78 is 10.7. The molecule has 1 unspecified atom stereocenters. The summed E-state index contributed by atoms with van der Waals surface area (Å²) in [4.78, 5) is 15.9. The second-order valence-corrected chi connectivity index (χ2v) is 6.62. The zero-order chi connectivity index (χ0) is 18.3. The summed E-state index contributed by atoms with van der Waals surface area (Å²) in [7, 11) is 3.31. The van der Waals surface area contributed by atoms with Gasteiger partial charge in [-0.25, -0.2) is 0 Å². The van der Waals surface area contributed by atoms with Crippen LogP contribution in [0.15, 0.2) is 23.2 Å². The van der Waals surface area contributed by atoms with E-state index in [9.17, 15) is 4.79 Å². The third-order valence-corrected chi connectivity index (χ3v) is 3.25. The number of nitrogens with one attached hydrogen (secondary N) is 2. The van der Waals surface area contributed by atoms with Gasteiger partial charge in [0.2, 0.25) is 0 Å². The summed E-state index contributed by atoms with van der Waals surface area (Å²) in [5.74, 6) is 1.01. The van der Waals surface area contributed by atoms with Gasteiger partial charge in [-0.2, -0.15) is 0 Å². The minimum absolute atomic E-state index is 0.0373. The van der Waals surface area contributed by atoms with Gasteiger partial charge >= 0.3 is 5.97 Å². The first-order chi connectivity index (χ1) is 11.2. The molecule has 1 rings (SSSR count). The molecule has 0 heterocycles. The monoisotopic (exact) mass is 335 g/mol. The van der Waals surface area contributed by atoms with Crippen LogP contribution in [-0.2, 0) is 9.53 Å². The van der Waals surface area contributed by atoms with E-state index in [-0.39, 0.29) is 18.6 Å². The smallest absolute Gasteiger partial charge is 0.325 e. The highest BCUT2D eigenvalue weighted by molar-refractivity contribution is 5.84. The van der Waals surface area contributed by atoms with Crippen molar-refractivity contribution in [3.8, 4) is 5.75 Å². The topological polar surface area (TPSA) is 72.0 Å². The Morgan fingerprint density at radius 2 is 2.00 bits per heavy atom. The van der Waals surface area contributed by atoms with Crippen LogP contribution in [0.2, 0.25) is 0 Å². The molecule has 6 nitrogen and oxygen atoms in total. The molecule has 0 amide bonds. The van der Waals surface area contributed by atoms with E-state index in [1.807, 2.05) is 46.8 Å². The number of methoxy groups -OCH3 is 1. The Labute approximate surface area is 144 Å². The Bertz CT molecular complexity index is 592. The number of hydrogen-bond acceptors (Lipinski definition) is 4. The Morgan fingerprint density at radius 1 is 1.33 bits per heavy atom. The van der Waals surface area contributed by atoms with Gasteiger partial charge in [0, 0.05) is 12.6 Å². The molecular weight excluding hydrogens is 306 g/mol. The molecule has 0 spiro atoms. The second kappa shape index (κ2) is 8.57. The fraction of sp³-hybridized carbons (Fsp3) is 0.556. The van der Waals surface area contributed by atoms with E-state index < -0.39 is 5.60 Å². The summed E-state index contributed by atoms with van der Waals surface area (Å²) in [6.07, 6.45) is 0. The molecule has 2 N–H and O–H groups in total. The average Bonchev–Trinajstić information content (AvgIpc) is 2.49. The zero-order valence-corrected chi connectivity index (χ0v) is 15.7. The summed E-state index contributed by atoms with van der Waals surface area (Å²) in [5, 5.41) is 6.22. The summed E-state index contributed by atoms with van der Waals surface area (Å²) >= 11 is 0. The number of nitrogens with zero attached hydrogens (tertiary/aromatic N) is 1. The van der Waals surface area contributed by atoms with Gasteiger partial charge in [0.05, 0.1) is 13.2 Å². The van der Waals surface area contributed by atoms with Crippen LogP contribution in [0.5, 0.6) is 5.75 Å². The number of carbonyl (C=O) groups is 1. The molecule has 1 aromatic carbocycles. The lowest BCUT2D eigenvalue weighted by Crippen LogP contribution is -2.42. The fourth-order valence-corrected chi connectivity index (χ4v) is 2.20. The standard InChI is InChI=1S/C18H29N3O3/c1-12-8-9-15(23-7)14(10-12)13(2)21-17(19-6)20-11-16(22)24-18(3,4)5/h8-10,13H,11H2,1-7H3,(H2,19,20,21). The van der Waals surface area contributed by atoms with Gasteiger partial charge in [0.25, 0.3) is 0 Å². The van der Waals surface area contributed by atoms with E-state index in [2.05, 4.69) is 21.7 Å². The number of ether oxygens (including phenoxy) is 2. The van der Waals surface area contributed by atoms with Crippen LogP contribution >= 0.6 is 0 Å². The number of benzene rings is 1. The summed E-state index contributed by atoms with van der Waals surface area (Å²) in [5.41, 5.74) is 1.67. The first-order valence-electron chi connectivity index (χ1n) is 8.00. The Balaban J connectivity index is 2.69. The van der Waals surface area contributed by atoms with Crippen molar-refractivity contribution < 1.29 is 14.3 Å². The minimum Gasteiger partial charge on any atom is -0.496 e. The third kappa shape index (κ3) is 6.48. The first kappa shape index (κ1) is 19.8. The predicted molar refractivity (Wildman–Crippen MR) is 96.5 cm³/mol. The molecule has 0 aliphatic heterocycles. The van der Waals surface area contributed by atoms with Crippen LogP contribution < -0.4 is 15.4 Å². The van der Waals surface area contributed by atoms with Gasteiger partial charge in [-0.05, 0) is 40.7 Å². The minimum atomic E-state index is -0.502. The molecule has 0 aliphatic rings. The highest BCUT2D eigenvalue weighted by Gasteiger charge is 2.17. The molecule has 0 saturated heterocycles. The van der Waals surface area contributed by atoms with E-state index in [0.717, 1.165) is 16.9 Å². The molecule has 24 heavy (non-hydrogen) atoms. The maximum Gasteiger partial charge on any atom is 0.325 e. The molecule has 0 saturated carbocycles. The number of carbonyl (C=O) groups excluding carboxylic acids is 1.